The first-order valence-corrected chi connectivity index (χ1v) is 10.1. The van der Waals surface area contributed by atoms with Crippen molar-refractivity contribution in [2.75, 3.05) is 19.5 Å². The smallest absolute Gasteiger partial charge is 0.255 e. The van der Waals surface area contributed by atoms with E-state index in [-0.39, 0.29) is 5.91 Å². The Morgan fingerprint density at radius 3 is 2.27 bits per heavy atom. The van der Waals surface area contributed by atoms with Gasteiger partial charge < -0.3 is 19.5 Å². The number of carbonyl (C=O) groups is 1. The third kappa shape index (κ3) is 4.77. The summed E-state index contributed by atoms with van der Waals surface area (Å²) in [6, 6.07) is 15.5. The summed E-state index contributed by atoms with van der Waals surface area (Å²) < 4.78 is 18.1. The lowest BCUT2D eigenvalue weighted by atomic mass is 10.2. The van der Waals surface area contributed by atoms with E-state index in [1.165, 1.54) is 7.11 Å². The summed E-state index contributed by atoms with van der Waals surface area (Å²) in [5.41, 5.74) is 3.01. The van der Waals surface area contributed by atoms with Gasteiger partial charge in [-0.15, -0.1) is 10.2 Å². The molecule has 0 aliphatic rings. The molecule has 0 saturated heterocycles. The number of hydrogen-bond donors (Lipinski definition) is 1. The molecular weight excluding hydrogens is 422 g/mol. The molecule has 0 atom stereocenters. The van der Waals surface area contributed by atoms with Gasteiger partial charge in [0.2, 0.25) is 5.88 Å². The maximum absolute atomic E-state index is 12.6. The lowest BCUT2D eigenvalue weighted by Crippen LogP contribution is -2.12. The van der Waals surface area contributed by atoms with Gasteiger partial charge in [0.1, 0.15) is 12.1 Å². The molecule has 0 spiro atoms. The van der Waals surface area contributed by atoms with Crippen molar-refractivity contribution in [1.29, 1.82) is 0 Å². The molecule has 0 aliphatic carbocycles. The molecule has 9 nitrogen and oxygen atoms in total. The van der Waals surface area contributed by atoms with E-state index in [1.807, 2.05) is 24.5 Å². The van der Waals surface area contributed by atoms with E-state index >= 15 is 0 Å². The normalized spacial score (nSPS) is 10.5. The molecule has 4 rings (SSSR count). The van der Waals surface area contributed by atoms with Gasteiger partial charge in [-0.1, -0.05) is 0 Å². The Morgan fingerprint density at radius 2 is 1.67 bits per heavy atom. The number of ether oxygens (including phenoxy) is 3. The Morgan fingerprint density at radius 1 is 0.909 bits per heavy atom. The molecule has 0 aliphatic heterocycles. The van der Waals surface area contributed by atoms with Crippen molar-refractivity contribution in [3.63, 3.8) is 0 Å². The standard InChI is InChI=1S/C24H23N5O4/c1-15-16(2)29(14-25-15)22-11-12-23(28-27-22)33-19-8-6-18(7-9-19)26-24(30)17-5-10-20(31-3)21(13-17)32-4/h5-14H,1-4H3,(H,26,30). The minimum atomic E-state index is -0.267. The number of anilines is 1. The van der Waals surface area contributed by atoms with Crippen LogP contribution in [0.2, 0.25) is 0 Å². The Balaban J connectivity index is 1.40. The van der Waals surface area contributed by atoms with E-state index < -0.39 is 0 Å². The second kappa shape index (κ2) is 9.39. The second-order valence-electron chi connectivity index (χ2n) is 7.17. The predicted octanol–water partition coefficient (Wildman–Crippen LogP) is 4.34. The summed E-state index contributed by atoms with van der Waals surface area (Å²) in [7, 11) is 3.07. The first-order chi connectivity index (χ1) is 16.0. The zero-order valence-corrected chi connectivity index (χ0v) is 18.7. The van der Waals surface area contributed by atoms with Gasteiger partial charge in [-0.2, -0.15) is 0 Å². The number of aryl methyl sites for hydroxylation is 1. The number of nitrogens with zero attached hydrogens (tertiary/aromatic N) is 4. The van der Waals surface area contributed by atoms with Crippen LogP contribution in [-0.4, -0.2) is 39.9 Å². The zero-order valence-electron chi connectivity index (χ0n) is 18.7. The van der Waals surface area contributed by atoms with Gasteiger partial charge in [-0.25, -0.2) is 4.98 Å². The maximum Gasteiger partial charge on any atom is 0.255 e. The number of hydrogen-bond acceptors (Lipinski definition) is 7. The van der Waals surface area contributed by atoms with Gasteiger partial charge in [0.25, 0.3) is 5.91 Å². The van der Waals surface area contributed by atoms with E-state index in [1.54, 1.807) is 62.0 Å². The highest BCUT2D eigenvalue weighted by atomic mass is 16.5. The molecule has 2 aromatic carbocycles. The minimum Gasteiger partial charge on any atom is -0.493 e. The molecule has 1 amide bonds. The van der Waals surface area contributed by atoms with Crippen LogP contribution in [0.25, 0.3) is 5.82 Å². The number of rotatable bonds is 7. The van der Waals surface area contributed by atoms with E-state index in [9.17, 15) is 4.79 Å². The second-order valence-corrected chi connectivity index (χ2v) is 7.17. The number of amides is 1. The Labute approximate surface area is 191 Å². The van der Waals surface area contributed by atoms with E-state index in [0.29, 0.717) is 40.2 Å². The molecule has 0 fully saturated rings. The van der Waals surface area contributed by atoms with Crippen LogP contribution in [-0.2, 0) is 0 Å². The first-order valence-electron chi connectivity index (χ1n) is 10.1. The van der Waals surface area contributed by atoms with Gasteiger partial charge in [0.15, 0.2) is 17.3 Å². The van der Waals surface area contributed by atoms with Crippen LogP contribution in [0.4, 0.5) is 5.69 Å². The maximum atomic E-state index is 12.6. The van der Waals surface area contributed by atoms with Crippen molar-refractivity contribution in [1.82, 2.24) is 19.7 Å². The summed E-state index contributed by atoms with van der Waals surface area (Å²) in [5, 5.41) is 11.2. The summed E-state index contributed by atoms with van der Waals surface area (Å²) in [6.45, 7) is 3.91. The third-order valence-electron chi connectivity index (χ3n) is 5.10. The van der Waals surface area contributed by atoms with E-state index in [2.05, 4.69) is 20.5 Å². The fraction of sp³-hybridized carbons (Fsp3) is 0.167. The molecule has 0 unspecified atom stereocenters. The molecule has 0 saturated carbocycles. The molecule has 2 heterocycles. The molecule has 4 aromatic rings. The fourth-order valence-electron chi connectivity index (χ4n) is 3.13. The van der Waals surface area contributed by atoms with Crippen LogP contribution in [0.5, 0.6) is 23.1 Å². The number of aromatic nitrogens is 4. The monoisotopic (exact) mass is 445 g/mol. The highest BCUT2D eigenvalue weighted by molar-refractivity contribution is 6.04. The predicted molar refractivity (Wildman–Crippen MR) is 123 cm³/mol. The Bertz CT molecular complexity index is 1270. The van der Waals surface area contributed by atoms with Crippen molar-refractivity contribution < 1.29 is 19.0 Å². The number of carbonyl (C=O) groups excluding carboxylic acids is 1. The number of methoxy groups -OCH3 is 2. The average molecular weight is 445 g/mol. The zero-order chi connectivity index (χ0) is 23.4. The summed E-state index contributed by atoms with van der Waals surface area (Å²) in [4.78, 5) is 16.8. The summed E-state index contributed by atoms with van der Waals surface area (Å²) >= 11 is 0. The van der Waals surface area contributed by atoms with Crippen molar-refractivity contribution in [3.05, 3.63) is 77.9 Å². The molecule has 9 heteroatoms. The van der Waals surface area contributed by atoms with Crippen LogP contribution >= 0.6 is 0 Å². The van der Waals surface area contributed by atoms with Gasteiger partial charge >= 0.3 is 0 Å². The van der Waals surface area contributed by atoms with Gasteiger partial charge in [-0.05, 0) is 62.4 Å². The highest BCUT2D eigenvalue weighted by Crippen LogP contribution is 2.28. The molecule has 0 radical (unpaired) electrons. The van der Waals surface area contributed by atoms with Crippen molar-refractivity contribution in [2.24, 2.45) is 0 Å². The highest BCUT2D eigenvalue weighted by Gasteiger charge is 2.12. The van der Waals surface area contributed by atoms with Crippen LogP contribution in [0.3, 0.4) is 0 Å². The Hall–Kier alpha value is -4.40. The number of imidazole rings is 1. The topological polar surface area (TPSA) is 100 Å². The number of nitrogens with one attached hydrogen (secondary N) is 1. The Kier molecular flexibility index (Phi) is 6.21. The van der Waals surface area contributed by atoms with Gasteiger partial charge in [0, 0.05) is 23.0 Å². The largest absolute Gasteiger partial charge is 0.493 e. The molecular formula is C24H23N5O4. The average Bonchev–Trinajstić information content (AvgIpc) is 3.18. The quantitative estimate of drug-likeness (QED) is 0.452. The van der Waals surface area contributed by atoms with Crippen LogP contribution in [0, 0.1) is 13.8 Å². The SMILES string of the molecule is COc1ccc(C(=O)Nc2ccc(Oc3ccc(-n4cnc(C)c4C)nn3)cc2)cc1OC. The van der Waals surface area contributed by atoms with Gasteiger partial charge in [0.05, 0.1) is 19.9 Å². The summed E-state index contributed by atoms with van der Waals surface area (Å²) in [6.07, 6.45) is 1.71. The molecule has 1 N–H and O–H groups in total. The molecule has 2 aromatic heterocycles. The first kappa shape index (κ1) is 21.8. The summed E-state index contributed by atoms with van der Waals surface area (Å²) in [5.74, 6) is 2.36. The van der Waals surface area contributed by atoms with Crippen molar-refractivity contribution >= 4 is 11.6 Å². The third-order valence-corrected chi connectivity index (χ3v) is 5.10. The van der Waals surface area contributed by atoms with E-state index in [0.717, 1.165) is 11.4 Å². The van der Waals surface area contributed by atoms with Gasteiger partial charge in [-0.3, -0.25) is 9.36 Å². The minimum absolute atomic E-state index is 0.267. The van der Waals surface area contributed by atoms with Crippen molar-refractivity contribution in [2.45, 2.75) is 13.8 Å². The van der Waals surface area contributed by atoms with E-state index in [4.69, 9.17) is 14.2 Å². The van der Waals surface area contributed by atoms with Crippen LogP contribution < -0.4 is 19.5 Å². The van der Waals surface area contributed by atoms with Crippen molar-refractivity contribution in [3.8, 4) is 28.9 Å². The lowest BCUT2D eigenvalue weighted by Gasteiger charge is -2.10. The molecule has 33 heavy (non-hydrogen) atoms. The lowest BCUT2D eigenvalue weighted by molar-refractivity contribution is 0.102. The molecule has 168 valence electrons. The number of benzene rings is 2. The molecule has 0 bridgehead atoms. The fourth-order valence-corrected chi connectivity index (χ4v) is 3.13. The van der Waals surface area contributed by atoms with Crippen LogP contribution in [0.15, 0.2) is 60.9 Å². The van der Waals surface area contributed by atoms with Crippen LogP contribution in [0.1, 0.15) is 21.7 Å².